The lowest BCUT2D eigenvalue weighted by Gasteiger charge is -2.15. The fourth-order valence-corrected chi connectivity index (χ4v) is 1.84. The van der Waals surface area contributed by atoms with Gasteiger partial charge in [-0.1, -0.05) is 19.9 Å². The van der Waals surface area contributed by atoms with Gasteiger partial charge in [0.15, 0.2) is 11.5 Å². The van der Waals surface area contributed by atoms with E-state index in [4.69, 9.17) is 15.2 Å². The first-order chi connectivity index (χ1) is 10.9. The summed E-state index contributed by atoms with van der Waals surface area (Å²) in [7, 11) is 3.11. The molecule has 0 saturated carbocycles. The Labute approximate surface area is 136 Å². The number of ether oxygens (including phenoxy) is 2. The average molecular weight is 323 g/mol. The van der Waals surface area contributed by atoms with Gasteiger partial charge >= 0.3 is 0 Å². The summed E-state index contributed by atoms with van der Waals surface area (Å²) in [5, 5.41) is 5.24. The van der Waals surface area contributed by atoms with Crippen LogP contribution in [0.15, 0.2) is 18.2 Å². The van der Waals surface area contributed by atoms with E-state index < -0.39 is 6.04 Å². The number of benzene rings is 1. The number of methoxy groups -OCH3 is 2. The zero-order valence-electron chi connectivity index (χ0n) is 14.0. The Bertz CT molecular complexity index is 546. The Kier molecular flexibility index (Phi) is 7.34. The Balaban J connectivity index is 2.46. The van der Waals surface area contributed by atoms with Crippen LogP contribution >= 0.6 is 0 Å². The van der Waals surface area contributed by atoms with E-state index in [0.29, 0.717) is 18.0 Å². The van der Waals surface area contributed by atoms with Crippen LogP contribution in [0.5, 0.6) is 11.5 Å². The molecular formula is C16H25N3O4. The van der Waals surface area contributed by atoms with Crippen molar-refractivity contribution in [1.82, 2.24) is 10.6 Å². The second kappa shape index (κ2) is 8.99. The van der Waals surface area contributed by atoms with Crippen molar-refractivity contribution in [3.05, 3.63) is 23.8 Å². The molecule has 0 aliphatic heterocycles. The molecule has 0 aliphatic rings. The summed E-state index contributed by atoms with van der Waals surface area (Å²) in [5.41, 5.74) is 6.56. The zero-order chi connectivity index (χ0) is 17.4. The van der Waals surface area contributed by atoms with Crippen molar-refractivity contribution in [3.63, 3.8) is 0 Å². The highest BCUT2D eigenvalue weighted by atomic mass is 16.5. The summed E-state index contributed by atoms with van der Waals surface area (Å²) in [6.07, 6.45) is 0. The lowest BCUT2D eigenvalue weighted by Crippen LogP contribution is -2.47. The van der Waals surface area contributed by atoms with Gasteiger partial charge in [-0.15, -0.1) is 0 Å². The van der Waals surface area contributed by atoms with Gasteiger partial charge in [-0.2, -0.15) is 0 Å². The minimum atomic E-state index is -0.617. The number of nitrogens with two attached hydrogens (primary N) is 1. The third-order valence-corrected chi connectivity index (χ3v) is 3.38. The molecule has 128 valence electrons. The lowest BCUT2D eigenvalue weighted by atomic mass is 10.1. The number of amides is 2. The van der Waals surface area contributed by atoms with Gasteiger partial charge in [0.1, 0.15) is 0 Å². The van der Waals surface area contributed by atoms with Crippen LogP contribution in [0.25, 0.3) is 0 Å². The molecule has 0 aliphatic carbocycles. The molecule has 0 radical (unpaired) electrons. The van der Waals surface area contributed by atoms with Gasteiger partial charge in [0.25, 0.3) is 0 Å². The molecule has 0 fully saturated rings. The molecule has 7 heteroatoms. The normalized spacial score (nSPS) is 11.7. The van der Waals surface area contributed by atoms with E-state index in [9.17, 15) is 9.59 Å². The highest BCUT2D eigenvalue weighted by molar-refractivity contribution is 5.87. The van der Waals surface area contributed by atoms with Gasteiger partial charge in [-0.3, -0.25) is 9.59 Å². The topological polar surface area (TPSA) is 103 Å². The Morgan fingerprint density at radius 1 is 1.13 bits per heavy atom. The smallest absolute Gasteiger partial charge is 0.239 e. The SMILES string of the molecule is COc1ccc(CNC(=O)CNC(=O)[C@@H](N)C(C)C)cc1OC. The second-order valence-electron chi connectivity index (χ2n) is 5.45. The van der Waals surface area contributed by atoms with Gasteiger partial charge in [0.05, 0.1) is 26.8 Å². The highest BCUT2D eigenvalue weighted by Gasteiger charge is 2.17. The summed E-state index contributed by atoms with van der Waals surface area (Å²) in [6.45, 7) is 3.92. The van der Waals surface area contributed by atoms with E-state index in [1.807, 2.05) is 19.9 Å². The van der Waals surface area contributed by atoms with Crippen LogP contribution in [0.4, 0.5) is 0 Å². The van der Waals surface area contributed by atoms with Crippen molar-refractivity contribution < 1.29 is 19.1 Å². The van der Waals surface area contributed by atoms with E-state index in [2.05, 4.69) is 10.6 Å². The van der Waals surface area contributed by atoms with Crippen molar-refractivity contribution in [2.75, 3.05) is 20.8 Å². The maximum atomic E-state index is 11.8. The Hall–Kier alpha value is -2.28. The summed E-state index contributed by atoms with van der Waals surface area (Å²) >= 11 is 0. The molecule has 2 amide bonds. The lowest BCUT2D eigenvalue weighted by molar-refractivity contribution is -0.127. The summed E-state index contributed by atoms with van der Waals surface area (Å²) in [6, 6.07) is 4.76. The van der Waals surface area contributed by atoms with E-state index in [1.54, 1.807) is 26.4 Å². The van der Waals surface area contributed by atoms with Gasteiger partial charge in [-0.25, -0.2) is 0 Å². The third kappa shape index (κ3) is 5.78. The van der Waals surface area contributed by atoms with E-state index >= 15 is 0 Å². The van der Waals surface area contributed by atoms with Gasteiger partial charge < -0.3 is 25.8 Å². The predicted molar refractivity (Wildman–Crippen MR) is 87.2 cm³/mol. The first-order valence-electron chi connectivity index (χ1n) is 7.40. The molecule has 0 saturated heterocycles. The molecule has 1 rings (SSSR count). The molecule has 4 N–H and O–H groups in total. The highest BCUT2D eigenvalue weighted by Crippen LogP contribution is 2.27. The Morgan fingerprint density at radius 3 is 2.35 bits per heavy atom. The molecule has 0 bridgehead atoms. The standard InChI is InChI=1S/C16H25N3O4/c1-10(2)15(17)16(21)19-9-14(20)18-8-11-5-6-12(22-3)13(7-11)23-4/h5-7,10,15H,8-9,17H2,1-4H3,(H,18,20)(H,19,21)/t15-/m0/s1. The van der Waals surface area contributed by atoms with E-state index in [-0.39, 0.29) is 24.3 Å². The first kappa shape index (κ1) is 18.8. The molecule has 1 aromatic carbocycles. The van der Waals surface area contributed by atoms with E-state index in [1.165, 1.54) is 0 Å². The summed E-state index contributed by atoms with van der Waals surface area (Å²) in [5.74, 6) is 0.614. The third-order valence-electron chi connectivity index (χ3n) is 3.38. The predicted octanol–water partition coefficient (Wildman–Crippen LogP) is 0.420. The van der Waals surface area contributed by atoms with Gasteiger partial charge in [-0.05, 0) is 23.6 Å². The molecule has 0 aromatic heterocycles. The maximum Gasteiger partial charge on any atom is 0.239 e. The van der Waals surface area contributed by atoms with Crippen LogP contribution in [0.3, 0.4) is 0 Å². The minimum Gasteiger partial charge on any atom is -0.493 e. The molecule has 0 spiro atoms. The summed E-state index contributed by atoms with van der Waals surface area (Å²) < 4.78 is 10.4. The largest absolute Gasteiger partial charge is 0.493 e. The fourth-order valence-electron chi connectivity index (χ4n) is 1.84. The molecule has 23 heavy (non-hydrogen) atoms. The van der Waals surface area contributed by atoms with Crippen molar-refractivity contribution in [2.45, 2.75) is 26.4 Å². The van der Waals surface area contributed by atoms with Crippen LogP contribution < -0.4 is 25.8 Å². The quantitative estimate of drug-likeness (QED) is 0.643. The molecule has 1 atom stereocenters. The number of carbonyl (C=O) groups excluding carboxylic acids is 2. The number of carbonyl (C=O) groups is 2. The van der Waals surface area contributed by atoms with E-state index in [0.717, 1.165) is 5.56 Å². The minimum absolute atomic E-state index is 0.0184. The summed E-state index contributed by atoms with van der Waals surface area (Å²) in [4.78, 5) is 23.4. The van der Waals surface area contributed by atoms with Crippen LogP contribution in [0.2, 0.25) is 0 Å². The number of hydrogen-bond donors (Lipinski definition) is 3. The zero-order valence-corrected chi connectivity index (χ0v) is 14.0. The van der Waals surface area contributed by atoms with Gasteiger partial charge in [0.2, 0.25) is 11.8 Å². The van der Waals surface area contributed by atoms with Crippen molar-refractivity contribution >= 4 is 11.8 Å². The number of rotatable bonds is 8. The molecule has 0 unspecified atom stereocenters. The van der Waals surface area contributed by atoms with Crippen LogP contribution in [-0.2, 0) is 16.1 Å². The first-order valence-corrected chi connectivity index (χ1v) is 7.40. The average Bonchev–Trinajstić information content (AvgIpc) is 2.56. The van der Waals surface area contributed by atoms with Crippen molar-refractivity contribution in [3.8, 4) is 11.5 Å². The fraction of sp³-hybridized carbons (Fsp3) is 0.500. The monoisotopic (exact) mass is 323 g/mol. The number of hydrogen-bond acceptors (Lipinski definition) is 5. The second-order valence-corrected chi connectivity index (χ2v) is 5.45. The molecular weight excluding hydrogens is 298 g/mol. The van der Waals surface area contributed by atoms with Crippen LogP contribution in [-0.4, -0.2) is 38.6 Å². The van der Waals surface area contributed by atoms with Gasteiger partial charge in [0, 0.05) is 6.54 Å². The molecule has 7 nitrogen and oxygen atoms in total. The van der Waals surface area contributed by atoms with Crippen molar-refractivity contribution in [2.24, 2.45) is 11.7 Å². The molecule has 0 heterocycles. The maximum absolute atomic E-state index is 11.8. The van der Waals surface area contributed by atoms with Crippen molar-refractivity contribution in [1.29, 1.82) is 0 Å². The molecule has 1 aromatic rings. The van der Waals surface area contributed by atoms with Crippen LogP contribution in [0.1, 0.15) is 19.4 Å². The Morgan fingerprint density at radius 2 is 1.78 bits per heavy atom. The number of nitrogens with one attached hydrogen (secondary N) is 2. The van der Waals surface area contributed by atoms with Crippen LogP contribution in [0, 0.1) is 5.92 Å².